The van der Waals surface area contributed by atoms with Gasteiger partial charge in [-0.1, -0.05) is 6.58 Å². The summed E-state index contributed by atoms with van der Waals surface area (Å²) in [5.74, 6) is -2.90. The Morgan fingerprint density at radius 3 is 2.06 bits per heavy atom. The van der Waals surface area contributed by atoms with E-state index in [0.717, 1.165) is 6.08 Å². The van der Waals surface area contributed by atoms with E-state index in [9.17, 15) is 14.4 Å². The van der Waals surface area contributed by atoms with E-state index >= 15 is 0 Å². The molecule has 0 aromatic rings. The zero-order valence-corrected chi connectivity index (χ0v) is 8.87. The first-order valence-electron chi connectivity index (χ1n) is 4.50. The predicted molar refractivity (Wildman–Crippen MR) is 55.3 cm³/mol. The molecule has 17 heavy (non-hydrogen) atoms. The van der Waals surface area contributed by atoms with E-state index < -0.39 is 11.9 Å². The molecular formula is C10H12O7. The second-order valence-electron chi connectivity index (χ2n) is 2.80. The van der Waals surface area contributed by atoms with Crippen molar-refractivity contribution in [2.24, 2.45) is 0 Å². The maximum atomic E-state index is 10.3. The molecule has 0 aromatic carbocycles. The van der Waals surface area contributed by atoms with Crippen LogP contribution in [0.25, 0.3) is 0 Å². The molecule has 0 amide bonds. The van der Waals surface area contributed by atoms with Gasteiger partial charge in [0.05, 0.1) is 6.61 Å². The molecule has 0 radical (unpaired) electrons. The van der Waals surface area contributed by atoms with Gasteiger partial charge in [0.25, 0.3) is 0 Å². The number of hydrogen-bond acceptors (Lipinski definition) is 5. The van der Waals surface area contributed by atoms with Gasteiger partial charge < -0.3 is 19.7 Å². The summed E-state index contributed by atoms with van der Waals surface area (Å²) in [6.07, 6.45) is 2.40. The van der Waals surface area contributed by atoms with Crippen molar-refractivity contribution in [2.45, 2.75) is 6.10 Å². The van der Waals surface area contributed by atoms with Crippen molar-refractivity contribution in [3.63, 3.8) is 0 Å². The van der Waals surface area contributed by atoms with Gasteiger partial charge in [0, 0.05) is 18.2 Å². The van der Waals surface area contributed by atoms with Crippen LogP contribution in [-0.2, 0) is 23.9 Å². The Morgan fingerprint density at radius 2 is 1.76 bits per heavy atom. The molecule has 1 fully saturated rings. The maximum absolute atomic E-state index is 10.3. The summed E-state index contributed by atoms with van der Waals surface area (Å²) in [6.45, 7) is 4.32. The maximum Gasteiger partial charge on any atom is 0.330 e. The number of ether oxygens (including phenoxy) is 2. The van der Waals surface area contributed by atoms with Gasteiger partial charge in [0.2, 0.25) is 0 Å². The second-order valence-corrected chi connectivity index (χ2v) is 2.80. The number of carbonyl (C=O) groups is 3. The minimum Gasteiger partial charge on any atom is -0.478 e. The van der Waals surface area contributed by atoms with E-state index in [-0.39, 0.29) is 12.1 Å². The summed E-state index contributed by atoms with van der Waals surface area (Å²) < 4.78 is 9.42. The van der Waals surface area contributed by atoms with Crippen molar-refractivity contribution in [1.82, 2.24) is 0 Å². The van der Waals surface area contributed by atoms with E-state index in [1.807, 2.05) is 0 Å². The van der Waals surface area contributed by atoms with Crippen molar-refractivity contribution < 1.29 is 34.1 Å². The highest BCUT2D eigenvalue weighted by molar-refractivity contribution is 5.89. The molecule has 1 heterocycles. The Morgan fingerprint density at radius 1 is 1.29 bits per heavy atom. The van der Waals surface area contributed by atoms with Crippen molar-refractivity contribution in [3.05, 3.63) is 24.8 Å². The van der Waals surface area contributed by atoms with Crippen LogP contribution in [0.2, 0.25) is 0 Å². The summed E-state index contributed by atoms with van der Waals surface area (Å²) in [4.78, 5) is 29.5. The quantitative estimate of drug-likeness (QED) is 0.392. The summed E-state index contributed by atoms with van der Waals surface area (Å²) in [5, 5.41) is 15.6. The number of carboxylic acid groups (broad SMARTS) is 2. The van der Waals surface area contributed by atoms with Crippen LogP contribution in [0.3, 0.4) is 0 Å². The van der Waals surface area contributed by atoms with Gasteiger partial charge in [-0.15, -0.1) is 0 Å². The number of esters is 1. The van der Waals surface area contributed by atoms with Gasteiger partial charge in [-0.3, -0.25) is 0 Å². The lowest BCUT2D eigenvalue weighted by Gasteiger charge is -1.94. The number of epoxide rings is 1. The Hall–Kier alpha value is -2.15. The Bertz CT molecular complexity index is 312. The average Bonchev–Trinajstić information content (AvgIpc) is 3.07. The SMILES string of the molecule is C=CC(=O)OCC1CO1.O=C(O)C=CC(=O)O. The fraction of sp³-hybridized carbons (Fsp3) is 0.300. The number of hydrogen-bond donors (Lipinski definition) is 2. The molecule has 94 valence electrons. The lowest BCUT2D eigenvalue weighted by atomic mass is 10.5. The highest BCUT2D eigenvalue weighted by atomic mass is 16.6. The van der Waals surface area contributed by atoms with Crippen molar-refractivity contribution in [1.29, 1.82) is 0 Å². The van der Waals surface area contributed by atoms with Crippen molar-refractivity contribution in [2.75, 3.05) is 13.2 Å². The normalized spacial score (nSPS) is 16.6. The Balaban J connectivity index is 0.000000304. The minimum absolute atomic E-state index is 0.147. The molecule has 1 aliphatic heterocycles. The van der Waals surface area contributed by atoms with Gasteiger partial charge in [-0.05, 0) is 0 Å². The average molecular weight is 244 g/mol. The predicted octanol–water partition coefficient (Wildman–Crippen LogP) is -0.174. The summed E-state index contributed by atoms with van der Waals surface area (Å²) >= 11 is 0. The van der Waals surface area contributed by atoms with Crippen molar-refractivity contribution in [3.8, 4) is 0 Å². The van der Waals surface area contributed by atoms with Gasteiger partial charge in [-0.2, -0.15) is 0 Å². The molecule has 1 rings (SSSR count). The zero-order chi connectivity index (χ0) is 13.3. The standard InChI is InChI=1S/C6H8O3.C4H4O4/c1-2-6(7)9-4-5-3-8-5;5-3(6)1-2-4(7)8/h2,5H,1,3-4H2;1-2H,(H,5,6)(H,7,8). The number of rotatable bonds is 5. The van der Waals surface area contributed by atoms with Crippen LogP contribution in [0.4, 0.5) is 0 Å². The van der Waals surface area contributed by atoms with Crippen LogP contribution in [0.5, 0.6) is 0 Å². The molecule has 0 aromatic heterocycles. The largest absolute Gasteiger partial charge is 0.478 e. The fourth-order valence-corrected chi connectivity index (χ4v) is 0.541. The van der Waals surface area contributed by atoms with Gasteiger partial charge in [0.1, 0.15) is 12.7 Å². The molecule has 1 atom stereocenters. The van der Waals surface area contributed by atoms with E-state index in [2.05, 4.69) is 11.3 Å². The molecule has 2 N–H and O–H groups in total. The monoisotopic (exact) mass is 244 g/mol. The van der Waals surface area contributed by atoms with Crippen LogP contribution >= 0.6 is 0 Å². The molecular weight excluding hydrogens is 232 g/mol. The third-order valence-corrected chi connectivity index (χ3v) is 1.35. The molecule has 0 aliphatic carbocycles. The Labute approximate surface area is 96.9 Å². The van der Waals surface area contributed by atoms with Gasteiger partial charge in [-0.25, -0.2) is 14.4 Å². The fourth-order valence-electron chi connectivity index (χ4n) is 0.541. The molecule has 0 bridgehead atoms. The lowest BCUT2D eigenvalue weighted by Crippen LogP contribution is -2.06. The van der Waals surface area contributed by atoms with Crippen LogP contribution in [-0.4, -0.2) is 47.4 Å². The van der Waals surface area contributed by atoms with Gasteiger partial charge in [0.15, 0.2) is 0 Å². The molecule has 1 aliphatic rings. The molecule has 0 saturated carbocycles. The van der Waals surface area contributed by atoms with E-state index in [1.165, 1.54) is 0 Å². The lowest BCUT2D eigenvalue weighted by molar-refractivity contribution is -0.138. The highest BCUT2D eigenvalue weighted by Crippen LogP contribution is 2.08. The molecule has 0 spiro atoms. The van der Waals surface area contributed by atoms with Crippen LogP contribution in [0.15, 0.2) is 24.8 Å². The first-order chi connectivity index (χ1) is 7.95. The number of carbonyl (C=O) groups excluding carboxylic acids is 1. The van der Waals surface area contributed by atoms with Crippen LogP contribution in [0, 0.1) is 0 Å². The smallest absolute Gasteiger partial charge is 0.330 e. The summed E-state index contributed by atoms with van der Waals surface area (Å²) in [5.41, 5.74) is 0. The van der Waals surface area contributed by atoms with E-state index in [4.69, 9.17) is 14.9 Å². The molecule has 1 saturated heterocycles. The zero-order valence-electron chi connectivity index (χ0n) is 8.87. The van der Waals surface area contributed by atoms with Gasteiger partial charge >= 0.3 is 17.9 Å². The first-order valence-corrected chi connectivity index (χ1v) is 4.50. The topological polar surface area (TPSA) is 113 Å². The molecule has 7 nitrogen and oxygen atoms in total. The van der Waals surface area contributed by atoms with E-state index in [0.29, 0.717) is 25.4 Å². The second kappa shape index (κ2) is 8.05. The number of carboxylic acids is 2. The highest BCUT2D eigenvalue weighted by Gasteiger charge is 2.23. The first kappa shape index (κ1) is 14.8. The molecule has 7 heteroatoms. The van der Waals surface area contributed by atoms with Crippen molar-refractivity contribution >= 4 is 17.9 Å². The number of aliphatic carboxylic acids is 2. The Kier molecular flexibility index (Phi) is 7.04. The molecule has 1 unspecified atom stereocenters. The minimum atomic E-state index is -1.26. The van der Waals surface area contributed by atoms with E-state index in [1.54, 1.807) is 0 Å². The van der Waals surface area contributed by atoms with Crippen LogP contribution in [0.1, 0.15) is 0 Å². The third kappa shape index (κ3) is 11.8. The summed E-state index contributed by atoms with van der Waals surface area (Å²) in [7, 11) is 0. The third-order valence-electron chi connectivity index (χ3n) is 1.35. The summed E-state index contributed by atoms with van der Waals surface area (Å²) in [6, 6.07) is 0. The van der Waals surface area contributed by atoms with Crippen LogP contribution < -0.4 is 0 Å².